The van der Waals surface area contributed by atoms with Gasteiger partial charge in [0, 0.05) is 19.1 Å². The topological polar surface area (TPSA) is 79.2 Å². The molecule has 0 spiro atoms. The standard InChI is InChI=1S/C15H20N2O3S/c1-2-15-14(7-8-20-15)10-17-21(18,19)11-13-5-3-12(9-16)4-6-13/h3-6,14-15,17H,2,7-8,10-11H2,1H3. The van der Waals surface area contributed by atoms with Crippen LogP contribution >= 0.6 is 0 Å². The predicted octanol–water partition coefficient (Wildman–Crippen LogP) is 1.79. The molecule has 1 aliphatic rings. The smallest absolute Gasteiger partial charge is 0.215 e. The Hall–Kier alpha value is -1.42. The maximum Gasteiger partial charge on any atom is 0.215 e. The van der Waals surface area contributed by atoms with Crippen LogP contribution in [0.3, 0.4) is 0 Å². The number of hydrogen-bond donors (Lipinski definition) is 1. The van der Waals surface area contributed by atoms with Crippen LogP contribution in [0.2, 0.25) is 0 Å². The van der Waals surface area contributed by atoms with E-state index in [1.54, 1.807) is 24.3 Å². The van der Waals surface area contributed by atoms with E-state index < -0.39 is 10.0 Å². The minimum absolute atomic E-state index is 0.0664. The number of nitriles is 1. The first-order valence-electron chi connectivity index (χ1n) is 7.12. The highest BCUT2D eigenvalue weighted by atomic mass is 32.2. The van der Waals surface area contributed by atoms with Crippen LogP contribution in [0.4, 0.5) is 0 Å². The zero-order chi connectivity index (χ0) is 15.3. The van der Waals surface area contributed by atoms with Crippen LogP contribution in [0.15, 0.2) is 24.3 Å². The number of rotatable bonds is 6. The largest absolute Gasteiger partial charge is 0.378 e. The lowest BCUT2D eigenvalue weighted by Crippen LogP contribution is -2.33. The second-order valence-corrected chi connectivity index (χ2v) is 7.09. The van der Waals surface area contributed by atoms with Gasteiger partial charge in [0.05, 0.1) is 23.5 Å². The molecule has 1 fully saturated rings. The number of hydrogen-bond acceptors (Lipinski definition) is 4. The lowest BCUT2D eigenvalue weighted by molar-refractivity contribution is 0.0884. The number of nitrogens with one attached hydrogen (secondary N) is 1. The Labute approximate surface area is 126 Å². The van der Waals surface area contributed by atoms with Crippen molar-refractivity contribution in [1.29, 1.82) is 5.26 Å². The third-order valence-corrected chi connectivity index (χ3v) is 5.07. The average molecular weight is 308 g/mol. The molecular formula is C15H20N2O3S. The minimum atomic E-state index is -3.36. The number of sulfonamides is 1. The molecular weight excluding hydrogens is 288 g/mol. The van der Waals surface area contributed by atoms with Crippen LogP contribution < -0.4 is 4.72 Å². The van der Waals surface area contributed by atoms with Crippen molar-refractivity contribution in [3.05, 3.63) is 35.4 Å². The van der Waals surface area contributed by atoms with Gasteiger partial charge < -0.3 is 4.74 Å². The van der Waals surface area contributed by atoms with Crippen LogP contribution in [-0.2, 0) is 20.5 Å². The predicted molar refractivity (Wildman–Crippen MR) is 79.9 cm³/mol. The maximum atomic E-state index is 12.1. The zero-order valence-corrected chi connectivity index (χ0v) is 12.9. The highest BCUT2D eigenvalue weighted by Gasteiger charge is 2.27. The molecule has 1 aromatic rings. The molecule has 0 radical (unpaired) electrons. The molecule has 6 heteroatoms. The summed E-state index contributed by atoms with van der Waals surface area (Å²) in [6.07, 6.45) is 1.96. The van der Waals surface area contributed by atoms with Crippen LogP contribution in [0.5, 0.6) is 0 Å². The average Bonchev–Trinajstić information content (AvgIpc) is 2.93. The lowest BCUT2D eigenvalue weighted by atomic mass is 10.0. The molecule has 0 bridgehead atoms. The summed E-state index contributed by atoms with van der Waals surface area (Å²) in [5, 5.41) is 8.72. The van der Waals surface area contributed by atoms with E-state index in [0.29, 0.717) is 24.3 Å². The van der Waals surface area contributed by atoms with Crippen molar-refractivity contribution in [2.45, 2.75) is 31.6 Å². The van der Waals surface area contributed by atoms with Gasteiger partial charge in [-0.3, -0.25) is 0 Å². The van der Waals surface area contributed by atoms with Gasteiger partial charge in [-0.2, -0.15) is 5.26 Å². The van der Waals surface area contributed by atoms with E-state index in [2.05, 4.69) is 4.72 Å². The van der Waals surface area contributed by atoms with Gasteiger partial charge in [-0.05, 0) is 30.5 Å². The summed E-state index contributed by atoms with van der Waals surface area (Å²) in [6, 6.07) is 8.61. The fraction of sp³-hybridized carbons (Fsp3) is 0.533. The van der Waals surface area contributed by atoms with Gasteiger partial charge in [0.1, 0.15) is 0 Å². The second-order valence-electron chi connectivity index (χ2n) is 5.28. The van der Waals surface area contributed by atoms with Crippen LogP contribution in [-0.4, -0.2) is 27.7 Å². The summed E-state index contributed by atoms with van der Waals surface area (Å²) < 4.78 is 32.4. The Balaban J connectivity index is 1.91. The Kier molecular flexibility index (Phi) is 5.34. The number of nitrogens with zero attached hydrogens (tertiary/aromatic N) is 1. The normalized spacial score (nSPS) is 22.1. The molecule has 1 aliphatic heterocycles. The fourth-order valence-electron chi connectivity index (χ4n) is 2.56. The zero-order valence-electron chi connectivity index (χ0n) is 12.1. The van der Waals surface area contributed by atoms with Gasteiger partial charge in [-0.25, -0.2) is 13.1 Å². The maximum absolute atomic E-state index is 12.1. The molecule has 1 heterocycles. The van der Waals surface area contributed by atoms with Crippen LogP contribution in [0.25, 0.3) is 0 Å². The molecule has 114 valence electrons. The summed E-state index contributed by atoms with van der Waals surface area (Å²) in [6.45, 7) is 3.19. The van der Waals surface area contributed by atoms with Crippen molar-refractivity contribution < 1.29 is 13.2 Å². The monoisotopic (exact) mass is 308 g/mol. The summed E-state index contributed by atoms with van der Waals surface area (Å²) >= 11 is 0. The van der Waals surface area contributed by atoms with E-state index in [0.717, 1.165) is 12.8 Å². The molecule has 0 aliphatic carbocycles. The first-order valence-corrected chi connectivity index (χ1v) is 8.77. The van der Waals surface area contributed by atoms with Crippen molar-refractivity contribution >= 4 is 10.0 Å². The molecule has 2 atom stereocenters. The Morgan fingerprint density at radius 1 is 1.38 bits per heavy atom. The number of benzene rings is 1. The summed E-state index contributed by atoms with van der Waals surface area (Å²) in [5.41, 5.74) is 1.20. The van der Waals surface area contributed by atoms with Gasteiger partial charge in [0.2, 0.25) is 10.0 Å². The highest BCUT2D eigenvalue weighted by Crippen LogP contribution is 2.22. The molecule has 2 rings (SSSR count). The highest BCUT2D eigenvalue weighted by molar-refractivity contribution is 7.88. The molecule has 21 heavy (non-hydrogen) atoms. The summed E-state index contributed by atoms with van der Waals surface area (Å²) in [5.74, 6) is 0.189. The Bertz CT molecular complexity index is 605. The Morgan fingerprint density at radius 3 is 2.71 bits per heavy atom. The van der Waals surface area contributed by atoms with Crippen molar-refractivity contribution in [2.75, 3.05) is 13.2 Å². The second kappa shape index (κ2) is 7.03. The van der Waals surface area contributed by atoms with Gasteiger partial charge in [-0.15, -0.1) is 0 Å². The van der Waals surface area contributed by atoms with Crippen LogP contribution in [0, 0.1) is 17.2 Å². The van der Waals surface area contributed by atoms with E-state index in [-0.39, 0.29) is 17.8 Å². The molecule has 2 unspecified atom stereocenters. The third kappa shape index (κ3) is 4.53. The van der Waals surface area contributed by atoms with Gasteiger partial charge in [0.25, 0.3) is 0 Å². The van der Waals surface area contributed by atoms with E-state index >= 15 is 0 Å². The first kappa shape index (κ1) is 16.0. The first-order chi connectivity index (χ1) is 10.0. The molecule has 5 nitrogen and oxygen atoms in total. The minimum Gasteiger partial charge on any atom is -0.378 e. The van der Waals surface area contributed by atoms with E-state index in [9.17, 15) is 8.42 Å². The van der Waals surface area contributed by atoms with Crippen molar-refractivity contribution in [3.8, 4) is 6.07 Å². The SMILES string of the molecule is CCC1OCCC1CNS(=O)(=O)Cc1ccc(C#N)cc1. The van der Waals surface area contributed by atoms with E-state index in [1.165, 1.54) is 0 Å². The lowest BCUT2D eigenvalue weighted by Gasteiger charge is -2.17. The number of ether oxygens (including phenoxy) is 1. The van der Waals surface area contributed by atoms with E-state index in [4.69, 9.17) is 10.00 Å². The molecule has 0 saturated carbocycles. The summed E-state index contributed by atoms with van der Waals surface area (Å²) in [7, 11) is -3.36. The van der Waals surface area contributed by atoms with Crippen molar-refractivity contribution in [3.63, 3.8) is 0 Å². The van der Waals surface area contributed by atoms with Gasteiger partial charge in [0.15, 0.2) is 0 Å². The third-order valence-electron chi connectivity index (χ3n) is 3.75. The fourth-order valence-corrected chi connectivity index (χ4v) is 3.76. The van der Waals surface area contributed by atoms with Crippen molar-refractivity contribution in [1.82, 2.24) is 4.72 Å². The molecule has 1 N–H and O–H groups in total. The van der Waals surface area contributed by atoms with Crippen molar-refractivity contribution in [2.24, 2.45) is 5.92 Å². The molecule has 1 aromatic carbocycles. The van der Waals surface area contributed by atoms with Gasteiger partial charge >= 0.3 is 0 Å². The van der Waals surface area contributed by atoms with Crippen LogP contribution in [0.1, 0.15) is 30.9 Å². The molecule has 1 saturated heterocycles. The van der Waals surface area contributed by atoms with E-state index in [1.807, 2.05) is 13.0 Å². The molecule has 0 aromatic heterocycles. The molecule has 0 amide bonds. The summed E-state index contributed by atoms with van der Waals surface area (Å²) in [4.78, 5) is 0. The Morgan fingerprint density at radius 2 is 2.10 bits per heavy atom. The van der Waals surface area contributed by atoms with Gasteiger partial charge in [-0.1, -0.05) is 19.1 Å². The quantitative estimate of drug-likeness (QED) is 0.869.